The number of H-pyrrole nitrogens is 1. The quantitative estimate of drug-likeness (QED) is 0.512. The van der Waals surface area contributed by atoms with Crippen molar-refractivity contribution in [2.24, 2.45) is 0 Å². The second-order valence-corrected chi connectivity index (χ2v) is 8.26. The van der Waals surface area contributed by atoms with Crippen molar-refractivity contribution in [3.8, 4) is 11.1 Å². The molecule has 0 radical (unpaired) electrons. The van der Waals surface area contributed by atoms with E-state index in [1.807, 2.05) is 6.20 Å². The van der Waals surface area contributed by atoms with Crippen molar-refractivity contribution in [3.05, 3.63) is 59.8 Å². The summed E-state index contributed by atoms with van der Waals surface area (Å²) in [4.78, 5) is 15.7. The minimum absolute atomic E-state index is 0.0824. The fourth-order valence-electron chi connectivity index (χ4n) is 4.28. The van der Waals surface area contributed by atoms with Gasteiger partial charge in [0.2, 0.25) is 5.91 Å². The van der Waals surface area contributed by atoms with Gasteiger partial charge in [-0.1, -0.05) is 61.2 Å². The Balaban J connectivity index is 1.32. The van der Waals surface area contributed by atoms with Crippen molar-refractivity contribution >= 4 is 16.8 Å². The van der Waals surface area contributed by atoms with Crippen LogP contribution in [0.15, 0.2) is 48.7 Å². The van der Waals surface area contributed by atoms with Gasteiger partial charge in [0.25, 0.3) is 0 Å². The molecule has 0 bridgehead atoms. The van der Waals surface area contributed by atoms with Crippen molar-refractivity contribution < 1.29 is 4.79 Å². The zero-order chi connectivity index (χ0) is 20.1. The first-order chi connectivity index (χ1) is 14.2. The third kappa shape index (κ3) is 5.07. The number of rotatable bonds is 7. The molecule has 2 aromatic carbocycles. The highest BCUT2D eigenvalue weighted by Crippen LogP contribution is 2.26. The van der Waals surface area contributed by atoms with E-state index < -0.39 is 0 Å². The van der Waals surface area contributed by atoms with Gasteiger partial charge in [0.05, 0.1) is 6.42 Å². The van der Waals surface area contributed by atoms with Gasteiger partial charge in [-0.25, -0.2) is 0 Å². The lowest BCUT2D eigenvalue weighted by atomic mass is 9.95. The third-order valence-corrected chi connectivity index (χ3v) is 5.99. The summed E-state index contributed by atoms with van der Waals surface area (Å²) < 4.78 is 0. The predicted octanol–water partition coefficient (Wildman–Crippen LogP) is 4.72. The van der Waals surface area contributed by atoms with Crippen LogP contribution in [0, 0.1) is 6.92 Å². The van der Waals surface area contributed by atoms with Crippen molar-refractivity contribution in [2.75, 3.05) is 13.1 Å². The van der Waals surface area contributed by atoms with Gasteiger partial charge in [0.15, 0.2) is 0 Å². The molecule has 1 aliphatic rings. The maximum absolute atomic E-state index is 12.4. The van der Waals surface area contributed by atoms with E-state index in [4.69, 9.17) is 0 Å². The lowest BCUT2D eigenvalue weighted by Gasteiger charge is -2.22. The highest BCUT2D eigenvalue weighted by Gasteiger charge is 2.13. The molecule has 3 N–H and O–H groups in total. The summed E-state index contributed by atoms with van der Waals surface area (Å²) in [7, 11) is 0. The highest BCUT2D eigenvalue weighted by atomic mass is 16.1. The standard InChI is InChI=1S/C25H31N3O/c1-18-7-9-19(10-8-18)20-11-12-23-21(17-28-24(23)15-20)16-25(29)27-14-13-26-22-5-3-2-4-6-22/h7-12,15,17,22,26,28H,2-6,13-14,16H2,1H3,(H,27,29). The molecule has 0 aliphatic heterocycles. The van der Waals surface area contributed by atoms with E-state index in [-0.39, 0.29) is 5.91 Å². The van der Waals surface area contributed by atoms with E-state index in [2.05, 4.69) is 65.0 Å². The van der Waals surface area contributed by atoms with Crippen LogP contribution in [-0.2, 0) is 11.2 Å². The lowest BCUT2D eigenvalue weighted by Crippen LogP contribution is -2.38. The first-order valence-electron chi connectivity index (χ1n) is 10.9. The molecule has 4 nitrogen and oxygen atoms in total. The van der Waals surface area contributed by atoms with Crippen LogP contribution in [0.3, 0.4) is 0 Å². The first kappa shape index (κ1) is 19.7. The Morgan fingerprint density at radius 1 is 1.00 bits per heavy atom. The molecule has 0 atom stereocenters. The largest absolute Gasteiger partial charge is 0.361 e. The zero-order valence-corrected chi connectivity index (χ0v) is 17.3. The average Bonchev–Trinajstić information content (AvgIpc) is 3.14. The normalized spacial score (nSPS) is 14.9. The van der Waals surface area contributed by atoms with Gasteiger partial charge in [-0.05, 0) is 42.5 Å². The summed E-state index contributed by atoms with van der Waals surface area (Å²) in [5.41, 5.74) is 5.77. The summed E-state index contributed by atoms with van der Waals surface area (Å²) in [6, 6.07) is 15.6. The third-order valence-electron chi connectivity index (χ3n) is 5.99. The number of aromatic amines is 1. The molecule has 0 unspecified atom stereocenters. The molecule has 4 rings (SSSR count). The number of carbonyl (C=O) groups excluding carboxylic acids is 1. The van der Waals surface area contributed by atoms with Crippen molar-refractivity contribution in [1.29, 1.82) is 0 Å². The van der Waals surface area contributed by atoms with E-state index in [9.17, 15) is 4.79 Å². The maximum atomic E-state index is 12.4. The molecule has 4 heteroatoms. The van der Waals surface area contributed by atoms with Gasteiger partial charge in [-0.15, -0.1) is 0 Å². The number of carbonyl (C=O) groups is 1. The van der Waals surface area contributed by atoms with Crippen LogP contribution >= 0.6 is 0 Å². The Morgan fingerprint density at radius 3 is 2.55 bits per heavy atom. The number of amides is 1. The van der Waals surface area contributed by atoms with Crippen LogP contribution in [-0.4, -0.2) is 30.0 Å². The summed E-state index contributed by atoms with van der Waals surface area (Å²) in [5.74, 6) is 0.0824. The molecule has 1 aromatic heterocycles. The van der Waals surface area contributed by atoms with E-state index in [0.717, 1.165) is 23.0 Å². The van der Waals surface area contributed by atoms with Crippen LogP contribution in [0.25, 0.3) is 22.0 Å². The highest BCUT2D eigenvalue weighted by molar-refractivity contribution is 5.91. The molecule has 152 valence electrons. The Labute approximate surface area is 173 Å². The van der Waals surface area contributed by atoms with Crippen molar-refractivity contribution in [1.82, 2.24) is 15.6 Å². The Kier molecular flexibility index (Phi) is 6.30. The Hall–Kier alpha value is -2.59. The van der Waals surface area contributed by atoms with Gasteiger partial charge in [-0.3, -0.25) is 4.79 Å². The fourth-order valence-corrected chi connectivity index (χ4v) is 4.28. The van der Waals surface area contributed by atoms with E-state index in [1.54, 1.807) is 0 Å². The second kappa shape index (κ2) is 9.27. The fraction of sp³-hybridized carbons (Fsp3) is 0.400. The molecular formula is C25H31N3O. The minimum Gasteiger partial charge on any atom is -0.361 e. The molecule has 0 saturated heterocycles. The van der Waals surface area contributed by atoms with E-state index in [1.165, 1.54) is 48.8 Å². The van der Waals surface area contributed by atoms with Crippen LogP contribution in [0.5, 0.6) is 0 Å². The molecule has 1 amide bonds. The Morgan fingerprint density at radius 2 is 1.76 bits per heavy atom. The van der Waals surface area contributed by atoms with E-state index >= 15 is 0 Å². The summed E-state index contributed by atoms with van der Waals surface area (Å²) in [6.07, 6.45) is 8.94. The topological polar surface area (TPSA) is 56.9 Å². The monoisotopic (exact) mass is 389 g/mol. The number of hydrogen-bond acceptors (Lipinski definition) is 2. The maximum Gasteiger partial charge on any atom is 0.224 e. The predicted molar refractivity (Wildman–Crippen MR) is 120 cm³/mol. The number of aryl methyl sites for hydroxylation is 1. The summed E-state index contributed by atoms with van der Waals surface area (Å²) in [6.45, 7) is 3.64. The van der Waals surface area contributed by atoms with Gasteiger partial charge in [0, 0.05) is 36.2 Å². The molecule has 1 heterocycles. The van der Waals surface area contributed by atoms with Crippen LogP contribution in [0.2, 0.25) is 0 Å². The van der Waals surface area contributed by atoms with Crippen molar-refractivity contribution in [3.63, 3.8) is 0 Å². The van der Waals surface area contributed by atoms with Gasteiger partial charge >= 0.3 is 0 Å². The zero-order valence-electron chi connectivity index (χ0n) is 17.3. The number of hydrogen-bond donors (Lipinski definition) is 3. The molecule has 29 heavy (non-hydrogen) atoms. The minimum atomic E-state index is 0.0824. The van der Waals surface area contributed by atoms with Gasteiger partial charge in [0.1, 0.15) is 0 Å². The number of benzene rings is 2. The first-order valence-corrected chi connectivity index (χ1v) is 10.9. The lowest BCUT2D eigenvalue weighted by molar-refractivity contribution is -0.120. The molecule has 1 fully saturated rings. The van der Waals surface area contributed by atoms with E-state index in [0.29, 0.717) is 19.0 Å². The van der Waals surface area contributed by atoms with Gasteiger partial charge in [-0.2, -0.15) is 0 Å². The number of fused-ring (bicyclic) bond motifs is 1. The smallest absolute Gasteiger partial charge is 0.224 e. The van der Waals surface area contributed by atoms with Crippen LogP contribution in [0.4, 0.5) is 0 Å². The molecular weight excluding hydrogens is 358 g/mol. The SMILES string of the molecule is Cc1ccc(-c2ccc3c(CC(=O)NCCNC4CCCCC4)c[nH]c3c2)cc1. The molecule has 1 aliphatic carbocycles. The number of aromatic nitrogens is 1. The van der Waals surface area contributed by atoms with Crippen molar-refractivity contribution in [2.45, 2.75) is 51.5 Å². The van der Waals surface area contributed by atoms with Crippen LogP contribution in [0.1, 0.15) is 43.2 Å². The Bertz CT molecular complexity index is 952. The summed E-state index contributed by atoms with van der Waals surface area (Å²) >= 11 is 0. The molecule has 1 saturated carbocycles. The molecule has 3 aromatic rings. The molecule has 0 spiro atoms. The summed E-state index contributed by atoms with van der Waals surface area (Å²) in [5, 5.41) is 7.74. The van der Waals surface area contributed by atoms with Crippen LogP contribution < -0.4 is 10.6 Å². The van der Waals surface area contributed by atoms with Gasteiger partial charge < -0.3 is 15.6 Å². The average molecular weight is 390 g/mol. The second-order valence-electron chi connectivity index (χ2n) is 8.26. The number of nitrogens with one attached hydrogen (secondary N) is 3.